The number of rotatable bonds is 13. The Morgan fingerprint density at radius 1 is 1.09 bits per heavy atom. The van der Waals surface area contributed by atoms with Gasteiger partial charge in [-0.3, -0.25) is 0 Å². The van der Waals surface area contributed by atoms with E-state index in [1.807, 2.05) is 0 Å². The molecule has 1 aromatic rings. The van der Waals surface area contributed by atoms with Crippen LogP contribution in [-0.4, -0.2) is 49.6 Å². The quantitative estimate of drug-likeness (QED) is 0.483. The molecule has 0 radical (unpaired) electrons. The lowest BCUT2D eigenvalue weighted by atomic mass is 10.0. The zero-order valence-electron chi connectivity index (χ0n) is 13.7. The SMILES string of the molecule is CCCCCCCCC[C@@H](O)[C@H](CO)n1cc(CCO)nn1. The van der Waals surface area contributed by atoms with Crippen LogP contribution >= 0.6 is 0 Å². The standard InChI is InChI=1S/C16H31N3O3/c1-2-3-4-5-6-7-8-9-16(22)15(13-21)19-12-14(10-11-20)17-18-19/h12,15-16,20-22H,2-11,13H2,1H3/t15-,16+/m0/s1. The van der Waals surface area contributed by atoms with Crippen molar-refractivity contribution in [3.8, 4) is 0 Å². The highest BCUT2D eigenvalue weighted by atomic mass is 16.3. The molecule has 2 atom stereocenters. The molecule has 1 heterocycles. The summed E-state index contributed by atoms with van der Waals surface area (Å²) in [6, 6.07) is -0.458. The fourth-order valence-corrected chi connectivity index (χ4v) is 2.59. The van der Waals surface area contributed by atoms with Crippen LogP contribution in [0.1, 0.15) is 70.0 Å². The van der Waals surface area contributed by atoms with Crippen molar-refractivity contribution in [2.45, 2.75) is 76.9 Å². The van der Waals surface area contributed by atoms with Crippen LogP contribution < -0.4 is 0 Å². The van der Waals surface area contributed by atoms with Crippen LogP contribution in [0.3, 0.4) is 0 Å². The molecule has 0 saturated carbocycles. The molecular weight excluding hydrogens is 282 g/mol. The summed E-state index contributed by atoms with van der Waals surface area (Å²) in [6.45, 7) is 2.06. The minimum absolute atomic E-state index is 0.0169. The summed E-state index contributed by atoms with van der Waals surface area (Å²) in [4.78, 5) is 0. The minimum Gasteiger partial charge on any atom is -0.396 e. The Balaban J connectivity index is 2.29. The Morgan fingerprint density at radius 3 is 2.41 bits per heavy atom. The molecule has 0 aliphatic carbocycles. The Bertz CT molecular complexity index is 384. The molecule has 1 rings (SSSR count). The zero-order chi connectivity index (χ0) is 16.2. The van der Waals surface area contributed by atoms with E-state index in [2.05, 4.69) is 17.2 Å². The van der Waals surface area contributed by atoms with Gasteiger partial charge in [-0.2, -0.15) is 0 Å². The Morgan fingerprint density at radius 2 is 1.77 bits per heavy atom. The molecule has 6 heteroatoms. The van der Waals surface area contributed by atoms with Gasteiger partial charge in [0, 0.05) is 19.2 Å². The van der Waals surface area contributed by atoms with E-state index in [9.17, 15) is 10.2 Å². The molecule has 0 unspecified atom stereocenters. The van der Waals surface area contributed by atoms with E-state index in [-0.39, 0.29) is 13.2 Å². The molecule has 0 spiro atoms. The molecule has 22 heavy (non-hydrogen) atoms. The second-order valence-corrected chi connectivity index (χ2v) is 5.89. The maximum absolute atomic E-state index is 10.2. The number of aromatic nitrogens is 3. The molecule has 128 valence electrons. The van der Waals surface area contributed by atoms with Gasteiger partial charge in [-0.25, -0.2) is 4.68 Å². The topological polar surface area (TPSA) is 91.4 Å². The average molecular weight is 313 g/mol. The zero-order valence-corrected chi connectivity index (χ0v) is 13.7. The molecule has 1 aromatic heterocycles. The van der Waals surface area contributed by atoms with Crippen LogP contribution in [0.15, 0.2) is 6.20 Å². The van der Waals surface area contributed by atoms with E-state index < -0.39 is 12.1 Å². The van der Waals surface area contributed by atoms with Gasteiger partial charge in [0.15, 0.2) is 0 Å². The van der Waals surface area contributed by atoms with E-state index in [1.54, 1.807) is 6.20 Å². The molecule has 0 fully saturated rings. The van der Waals surface area contributed by atoms with E-state index in [4.69, 9.17) is 5.11 Å². The number of unbranched alkanes of at least 4 members (excludes halogenated alkanes) is 6. The van der Waals surface area contributed by atoms with Crippen molar-refractivity contribution in [2.75, 3.05) is 13.2 Å². The van der Waals surface area contributed by atoms with Gasteiger partial charge in [0.2, 0.25) is 0 Å². The van der Waals surface area contributed by atoms with Gasteiger partial charge < -0.3 is 15.3 Å². The average Bonchev–Trinajstić information content (AvgIpc) is 2.96. The lowest BCUT2D eigenvalue weighted by Gasteiger charge is -2.20. The number of aliphatic hydroxyl groups excluding tert-OH is 3. The van der Waals surface area contributed by atoms with E-state index in [1.165, 1.54) is 36.8 Å². The van der Waals surface area contributed by atoms with Gasteiger partial charge >= 0.3 is 0 Å². The Hall–Kier alpha value is -0.980. The number of aliphatic hydroxyl groups is 3. The van der Waals surface area contributed by atoms with Gasteiger partial charge in [0.25, 0.3) is 0 Å². The van der Waals surface area contributed by atoms with Crippen LogP contribution in [0.25, 0.3) is 0 Å². The number of hydrogen-bond donors (Lipinski definition) is 3. The van der Waals surface area contributed by atoms with Crippen molar-refractivity contribution < 1.29 is 15.3 Å². The van der Waals surface area contributed by atoms with Crippen molar-refractivity contribution in [1.29, 1.82) is 0 Å². The van der Waals surface area contributed by atoms with Crippen LogP contribution in [-0.2, 0) is 6.42 Å². The molecule has 0 aliphatic heterocycles. The lowest BCUT2D eigenvalue weighted by Crippen LogP contribution is -2.28. The maximum Gasteiger partial charge on any atom is 0.103 e. The van der Waals surface area contributed by atoms with Crippen LogP contribution in [0, 0.1) is 0 Å². The summed E-state index contributed by atoms with van der Waals surface area (Å²) in [6.07, 6.45) is 10.6. The third kappa shape index (κ3) is 6.85. The summed E-state index contributed by atoms with van der Waals surface area (Å²) < 4.78 is 1.51. The van der Waals surface area contributed by atoms with Gasteiger partial charge in [-0.05, 0) is 6.42 Å². The highest BCUT2D eigenvalue weighted by Gasteiger charge is 2.21. The van der Waals surface area contributed by atoms with E-state index >= 15 is 0 Å². The number of nitrogens with zero attached hydrogens (tertiary/aromatic N) is 3. The van der Waals surface area contributed by atoms with Crippen molar-refractivity contribution in [1.82, 2.24) is 15.0 Å². The predicted molar refractivity (Wildman–Crippen MR) is 85.6 cm³/mol. The van der Waals surface area contributed by atoms with Crippen LogP contribution in [0.2, 0.25) is 0 Å². The summed E-state index contributed by atoms with van der Waals surface area (Å²) in [5, 5.41) is 36.5. The third-order valence-corrected chi connectivity index (χ3v) is 4.00. The van der Waals surface area contributed by atoms with Crippen molar-refractivity contribution in [3.63, 3.8) is 0 Å². The van der Waals surface area contributed by atoms with Crippen LogP contribution in [0.5, 0.6) is 0 Å². The number of hydrogen-bond acceptors (Lipinski definition) is 5. The second-order valence-electron chi connectivity index (χ2n) is 5.89. The second kappa shape index (κ2) is 11.6. The first-order chi connectivity index (χ1) is 10.7. The largest absolute Gasteiger partial charge is 0.396 e. The first kappa shape index (κ1) is 19.1. The fraction of sp³-hybridized carbons (Fsp3) is 0.875. The summed E-state index contributed by atoms with van der Waals surface area (Å²) >= 11 is 0. The normalized spacial score (nSPS) is 14.2. The summed E-state index contributed by atoms with van der Waals surface area (Å²) in [7, 11) is 0. The first-order valence-electron chi connectivity index (χ1n) is 8.53. The molecule has 0 aliphatic rings. The van der Waals surface area contributed by atoms with Crippen molar-refractivity contribution in [3.05, 3.63) is 11.9 Å². The first-order valence-corrected chi connectivity index (χ1v) is 8.53. The Labute approximate surface area is 133 Å². The molecule has 0 amide bonds. The van der Waals surface area contributed by atoms with Crippen molar-refractivity contribution >= 4 is 0 Å². The maximum atomic E-state index is 10.2. The van der Waals surface area contributed by atoms with Gasteiger partial charge in [-0.15, -0.1) is 5.10 Å². The summed E-state index contributed by atoms with van der Waals surface area (Å²) in [5.74, 6) is 0. The van der Waals surface area contributed by atoms with Crippen LogP contribution in [0.4, 0.5) is 0 Å². The molecular formula is C16H31N3O3. The van der Waals surface area contributed by atoms with Gasteiger partial charge in [-0.1, -0.05) is 57.1 Å². The Kier molecular flexibility index (Phi) is 10.0. The highest BCUT2D eigenvalue weighted by molar-refractivity contribution is 4.94. The molecule has 0 saturated heterocycles. The monoisotopic (exact) mass is 313 g/mol. The van der Waals surface area contributed by atoms with Crippen molar-refractivity contribution in [2.24, 2.45) is 0 Å². The molecule has 0 aromatic carbocycles. The highest BCUT2D eigenvalue weighted by Crippen LogP contribution is 2.17. The fourth-order valence-electron chi connectivity index (χ4n) is 2.59. The lowest BCUT2D eigenvalue weighted by molar-refractivity contribution is 0.0578. The van der Waals surface area contributed by atoms with E-state index in [0.717, 1.165) is 12.8 Å². The van der Waals surface area contributed by atoms with Gasteiger partial charge in [0.1, 0.15) is 6.04 Å². The minimum atomic E-state index is -0.621. The smallest absolute Gasteiger partial charge is 0.103 e. The molecule has 0 bridgehead atoms. The van der Waals surface area contributed by atoms with E-state index in [0.29, 0.717) is 18.5 Å². The predicted octanol–water partition coefficient (Wildman–Crippen LogP) is 1.85. The molecule has 3 N–H and O–H groups in total. The third-order valence-electron chi connectivity index (χ3n) is 4.00. The van der Waals surface area contributed by atoms with Gasteiger partial charge in [0.05, 0.1) is 18.4 Å². The summed E-state index contributed by atoms with van der Waals surface area (Å²) in [5.41, 5.74) is 0.670. The molecule has 6 nitrogen and oxygen atoms in total.